The largest absolute Gasteiger partial charge is 0.222 e. The van der Waals surface area contributed by atoms with Crippen LogP contribution in [0.2, 0.25) is 5.15 Å². The van der Waals surface area contributed by atoms with E-state index in [2.05, 4.69) is 22.1 Å². The fourth-order valence-electron chi connectivity index (χ4n) is 1.87. The number of aromatic nitrogens is 2. The van der Waals surface area contributed by atoms with Gasteiger partial charge >= 0.3 is 0 Å². The molecule has 0 aliphatic heterocycles. The quantitative estimate of drug-likeness (QED) is 0.671. The zero-order chi connectivity index (χ0) is 12.4. The van der Waals surface area contributed by atoms with Crippen molar-refractivity contribution < 1.29 is 0 Å². The molecule has 3 aromatic rings. The Kier molecular flexibility index (Phi) is 3.26. The van der Waals surface area contributed by atoms with Crippen LogP contribution in [0.25, 0.3) is 10.2 Å². The highest BCUT2D eigenvalue weighted by Gasteiger charge is 2.06. The predicted octanol–water partition coefficient (Wildman–Crippen LogP) is 4.13. The number of hydrogen-bond acceptors (Lipinski definition) is 3. The van der Waals surface area contributed by atoms with Crippen molar-refractivity contribution in [1.29, 1.82) is 0 Å². The van der Waals surface area contributed by atoms with E-state index in [4.69, 9.17) is 11.6 Å². The molecule has 18 heavy (non-hydrogen) atoms. The van der Waals surface area contributed by atoms with E-state index in [1.165, 1.54) is 5.56 Å². The van der Waals surface area contributed by atoms with E-state index in [9.17, 15) is 0 Å². The van der Waals surface area contributed by atoms with E-state index < -0.39 is 0 Å². The molecular formula is C14H11ClN2S. The second-order valence-corrected chi connectivity index (χ2v) is 5.31. The number of nitrogens with zero attached hydrogens (tertiary/aromatic N) is 2. The van der Waals surface area contributed by atoms with Crippen molar-refractivity contribution in [3.8, 4) is 0 Å². The SMILES string of the molecule is Clc1nc(CCc2ccccc2)nc2sccc12. The molecule has 0 unspecified atom stereocenters. The van der Waals surface area contributed by atoms with Gasteiger partial charge in [-0.1, -0.05) is 41.9 Å². The van der Waals surface area contributed by atoms with Crippen LogP contribution in [-0.2, 0) is 12.8 Å². The maximum atomic E-state index is 6.14. The predicted molar refractivity (Wildman–Crippen MR) is 76.3 cm³/mol. The van der Waals surface area contributed by atoms with Crippen molar-refractivity contribution in [2.45, 2.75) is 12.8 Å². The van der Waals surface area contributed by atoms with Gasteiger partial charge in [0.1, 0.15) is 15.8 Å². The van der Waals surface area contributed by atoms with Gasteiger partial charge in [-0.25, -0.2) is 9.97 Å². The van der Waals surface area contributed by atoms with Gasteiger partial charge in [0.15, 0.2) is 0 Å². The smallest absolute Gasteiger partial charge is 0.141 e. The minimum Gasteiger partial charge on any atom is -0.222 e. The molecule has 0 fully saturated rings. The number of fused-ring (bicyclic) bond motifs is 1. The van der Waals surface area contributed by atoms with Gasteiger partial charge in [0.2, 0.25) is 0 Å². The number of benzene rings is 1. The molecule has 2 nitrogen and oxygen atoms in total. The van der Waals surface area contributed by atoms with Crippen LogP contribution in [0.15, 0.2) is 41.8 Å². The Hall–Kier alpha value is -1.45. The summed E-state index contributed by atoms with van der Waals surface area (Å²) in [6, 6.07) is 12.3. The number of thiophene rings is 1. The van der Waals surface area contributed by atoms with Crippen LogP contribution in [0.4, 0.5) is 0 Å². The zero-order valence-corrected chi connectivity index (χ0v) is 11.2. The van der Waals surface area contributed by atoms with Gasteiger partial charge in [-0.2, -0.15) is 0 Å². The van der Waals surface area contributed by atoms with Crippen LogP contribution in [0, 0.1) is 0 Å². The highest BCUT2D eigenvalue weighted by molar-refractivity contribution is 7.16. The molecule has 0 atom stereocenters. The Morgan fingerprint density at radius 1 is 1.00 bits per heavy atom. The molecule has 0 saturated heterocycles. The summed E-state index contributed by atoms with van der Waals surface area (Å²) < 4.78 is 0. The molecule has 0 aliphatic carbocycles. The molecule has 0 N–H and O–H groups in total. The fourth-order valence-corrected chi connectivity index (χ4v) is 2.96. The number of aryl methyl sites for hydroxylation is 2. The molecule has 2 heterocycles. The van der Waals surface area contributed by atoms with E-state index >= 15 is 0 Å². The first-order valence-corrected chi connectivity index (χ1v) is 7.02. The van der Waals surface area contributed by atoms with Crippen molar-refractivity contribution in [2.24, 2.45) is 0 Å². The summed E-state index contributed by atoms with van der Waals surface area (Å²) in [5, 5.41) is 3.50. The van der Waals surface area contributed by atoms with Crippen LogP contribution in [0.1, 0.15) is 11.4 Å². The molecular weight excluding hydrogens is 264 g/mol. The fraction of sp³-hybridized carbons (Fsp3) is 0.143. The average molecular weight is 275 g/mol. The van der Waals surface area contributed by atoms with Crippen LogP contribution in [0.5, 0.6) is 0 Å². The van der Waals surface area contributed by atoms with E-state index in [1.807, 2.05) is 29.6 Å². The Morgan fingerprint density at radius 2 is 1.83 bits per heavy atom. The molecule has 0 amide bonds. The minimum atomic E-state index is 0.560. The molecule has 0 bridgehead atoms. The lowest BCUT2D eigenvalue weighted by Gasteiger charge is -2.02. The number of hydrogen-bond donors (Lipinski definition) is 0. The lowest BCUT2D eigenvalue weighted by Crippen LogP contribution is -1.98. The van der Waals surface area contributed by atoms with Crippen molar-refractivity contribution in [1.82, 2.24) is 9.97 Å². The summed E-state index contributed by atoms with van der Waals surface area (Å²) in [7, 11) is 0. The molecule has 0 spiro atoms. The van der Waals surface area contributed by atoms with Crippen molar-refractivity contribution in [3.05, 3.63) is 58.3 Å². The standard InChI is InChI=1S/C14H11ClN2S/c15-13-11-8-9-18-14(11)17-12(16-13)7-6-10-4-2-1-3-5-10/h1-5,8-9H,6-7H2. The topological polar surface area (TPSA) is 25.8 Å². The molecule has 3 rings (SSSR count). The third-order valence-corrected chi connectivity index (χ3v) is 3.90. The monoisotopic (exact) mass is 274 g/mol. The summed E-state index contributed by atoms with van der Waals surface area (Å²) in [5.41, 5.74) is 1.29. The zero-order valence-electron chi connectivity index (χ0n) is 9.64. The Balaban J connectivity index is 1.82. The summed E-state index contributed by atoms with van der Waals surface area (Å²) >= 11 is 7.74. The minimum absolute atomic E-state index is 0.560. The molecule has 0 saturated carbocycles. The summed E-state index contributed by atoms with van der Waals surface area (Å²) in [4.78, 5) is 9.85. The Morgan fingerprint density at radius 3 is 2.67 bits per heavy atom. The van der Waals surface area contributed by atoms with Gasteiger partial charge in [0.05, 0.1) is 0 Å². The Bertz CT molecular complexity index is 664. The first kappa shape index (κ1) is 11.6. The summed E-state index contributed by atoms with van der Waals surface area (Å²) in [6.07, 6.45) is 1.76. The van der Waals surface area contributed by atoms with Gasteiger partial charge in [-0.15, -0.1) is 11.3 Å². The van der Waals surface area contributed by atoms with Gasteiger partial charge < -0.3 is 0 Å². The van der Waals surface area contributed by atoms with Crippen molar-refractivity contribution in [2.75, 3.05) is 0 Å². The average Bonchev–Trinajstić information content (AvgIpc) is 2.86. The van der Waals surface area contributed by atoms with Crippen LogP contribution in [-0.4, -0.2) is 9.97 Å². The maximum Gasteiger partial charge on any atom is 0.141 e. The molecule has 0 aliphatic rings. The second-order valence-electron chi connectivity index (χ2n) is 4.06. The third-order valence-electron chi connectivity index (χ3n) is 2.80. The van der Waals surface area contributed by atoms with Crippen LogP contribution < -0.4 is 0 Å². The van der Waals surface area contributed by atoms with E-state index in [0.717, 1.165) is 28.9 Å². The maximum absolute atomic E-state index is 6.14. The van der Waals surface area contributed by atoms with Crippen LogP contribution in [0.3, 0.4) is 0 Å². The highest BCUT2D eigenvalue weighted by Crippen LogP contribution is 2.24. The summed E-state index contributed by atoms with van der Waals surface area (Å²) in [5.74, 6) is 0.818. The Labute approximate surface area is 114 Å². The van der Waals surface area contributed by atoms with E-state index in [-0.39, 0.29) is 0 Å². The lowest BCUT2D eigenvalue weighted by atomic mass is 10.1. The first-order valence-electron chi connectivity index (χ1n) is 5.76. The summed E-state index contributed by atoms with van der Waals surface area (Å²) in [6.45, 7) is 0. The van der Waals surface area contributed by atoms with Gasteiger partial charge in [0.25, 0.3) is 0 Å². The highest BCUT2D eigenvalue weighted by atomic mass is 35.5. The van der Waals surface area contributed by atoms with Crippen LogP contribution >= 0.6 is 22.9 Å². The van der Waals surface area contributed by atoms with Crippen molar-refractivity contribution >= 4 is 33.2 Å². The molecule has 4 heteroatoms. The molecule has 90 valence electrons. The van der Waals surface area contributed by atoms with Gasteiger partial charge in [-0.3, -0.25) is 0 Å². The molecule has 2 aromatic heterocycles. The first-order chi connectivity index (χ1) is 8.83. The number of halogens is 1. The number of rotatable bonds is 3. The lowest BCUT2D eigenvalue weighted by molar-refractivity contribution is 0.871. The second kappa shape index (κ2) is 5.04. The molecule has 0 radical (unpaired) electrons. The molecule has 1 aromatic carbocycles. The van der Waals surface area contributed by atoms with Crippen molar-refractivity contribution in [3.63, 3.8) is 0 Å². The van der Waals surface area contributed by atoms with Gasteiger partial charge in [-0.05, 0) is 23.4 Å². The normalized spacial score (nSPS) is 10.9. The van der Waals surface area contributed by atoms with Gasteiger partial charge in [0, 0.05) is 11.8 Å². The van der Waals surface area contributed by atoms with E-state index in [0.29, 0.717) is 5.15 Å². The van der Waals surface area contributed by atoms with E-state index in [1.54, 1.807) is 11.3 Å². The third kappa shape index (κ3) is 2.37.